The van der Waals surface area contributed by atoms with Gasteiger partial charge in [-0.15, -0.1) is 10.2 Å². The summed E-state index contributed by atoms with van der Waals surface area (Å²) in [4.78, 5) is 9.10. The average Bonchev–Trinajstić information content (AvgIpc) is 3.33. The topological polar surface area (TPSA) is 93.2 Å². The summed E-state index contributed by atoms with van der Waals surface area (Å²) in [7, 11) is 0. The molecule has 0 amide bonds. The summed E-state index contributed by atoms with van der Waals surface area (Å²) in [6, 6.07) is 8.09. The van der Waals surface area contributed by atoms with Gasteiger partial charge in [-0.3, -0.25) is 0 Å². The van der Waals surface area contributed by atoms with E-state index in [1.807, 2.05) is 35.8 Å². The lowest BCUT2D eigenvalue weighted by Gasteiger charge is -2.10. The number of rotatable bonds is 7. The molecule has 0 radical (unpaired) electrons. The van der Waals surface area contributed by atoms with Gasteiger partial charge >= 0.3 is 0 Å². The zero-order valence-corrected chi connectivity index (χ0v) is 15.9. The van der Waals surface area contributed by atoms with Crippen molar-refractivity contribution in [3.05, 3.63) is 53.9 Å². The molecule has 0 unspecified atom stereocenters. The zero-order chi connectivity index (χ0) is 19.1. The van der Waals surface area contributed by atoms with Gasteiger partial charge in [-0.05, 0) is 32.9 Å². The average molecular weight is 367 g/mol. The predicted octanol–water partition coefficient (Wildman–Crippen LogP) is 2.52. The SMILES string of the molecule is CCNC(=NCc1coc(-c2ccc(C)cc2)n1)NCc1nncn1CC. The number of aromatic nitrogens is 4. The highest BCUT2D eigenvalue weighted by atomic mass is 16.3. The number of guanidine groups is 1. The molecule has 142 valence electrons. The normalized spacial score (nSPS) is 11.6. The van der Waals surface area contributed by atoms with E-state index in [-0.39, 0.29) is 0 Å². The zero-order valence-electron chi connectivity index (χ0n) is 15.9. The molecule has 27 heavy (non-hydrogen) atoms. The molecule has 1 aromatic carbocycles. The van der Waals surface area contributed by atoms with Gasteiger partial charge in [0.1, 0.15) is 18.3 Å². The van der Waals surface area contributed by atoms with E-state index in [0.29, 0.717) is 24.9 Å². The number of nitrogens with zero attached hydrogens (tertiary/aromatic N) is 5. The van der Waals surface area contributed by atoms with Gasteiger partial charge in [0.2, 0.25) is 5.89 Å². The van der Waals surface area contributed by atoms with Crippen molar-refractivity contribution in [1.29, 1.82) is 0 Å². The van der Waals surface area contributed by atoms with Crippen LogP contribution in [0.4, 0.5) is 0 Å². The Bertz CT molecular complexity index is 880. The van der Waals surface area contributed by atoms with E-state index in [1.165, 1.54) is 5.56 Å². The fraction of sp³-hybridized carbons (Fsp3) is 0.368. The summed E-state index contributed by atoms with van der Waals surface area (Å²) in [6.45, 7) is 8.70. The molecule has 0 aliphatic rings. The standard InChI is InChI=1S/C19H25N7O/c1-4-20-19(22-11-17-25-23-13-26(17)5-2)21-10-16-12-27-18(24-16)15-8-6-14(3)7-9-15/h6-9,12-13H,4-5,10-11H2,1-3H3,(H2,20,21,22). The molecule has 0 aliphatic carbocycles. The Balaban J connectivity index is 1.63. The van der Waals surface area contributed by atoms with Crippen molar-refractivity contribution in [2.45, 2.75) is 40.4 Å². The first kappa shape index (κ1) is 18.6. The Morgan fingerprint density at radius 2 is 2.00 bits per heavy atom. The first-order valence-corrected chi connectivity index (χ1v) is 9.10. The maximum atomic E-state index is 5.59. The maximum absolute atomic E-state index is 5.59. The van der Waals surface area contributed by atoms with Crippen molar-refractivity contribution in [2.24, 2.45) is 4.99 Å². The van der Waals surface area contributed by atoms with Crippen LogP contribution >= 0.6 is 0 Å². The van der Waals surface area contributed by atoms with Crippen LogP contribution in [-0.2, 0) is 19.6 Å². The van der Waals surface area contributed by atoms with E-state index >= 15 is 0 Å². The van der Waals surface area contributed by atoms with Crippen LogP contribution in [0.3, 0.4) is 0 Å². The maximum Gasteiger partial charge on any atom is 0.226 e. The molecular weight excluding hydrogens is 342 g/mol. The minimum atomic E-state index is 0.422. The molecule has 2 aromatic heterocycles. The van der Waals surface area contributed by atoms with Gasteiger partial charge in [0, 0.05) is 18.7 Å². The van der Waals surface area contributed by atoms with Crippen LogP contribution in [0.5, 0.6) is 0 Å². The number of aryl methyl sites for hydroxylation is 2. The van der Waals surface area contributed by atoms with Gasteiger partial charge in [-0.2, -0.15) is 0 Å². The minimum Gasteiger partial charge on any atom is -0.444 e. The van der Waals surface area contributed by atoms with Crippen molar-refractivity contribution < 1.29 is 4.42 Å². The summed E-state index contributed by atoms with van der Waals surface area (Å²) in [5.41, 5.74) is 2.94. The molecule has 0 bridgehead atoms. The molecule has 0 fully saturated rings. The molecule has 2 N–H and O–H groups in total. The third-order valence-corrected chi connectivity index (χ3v) is 4.04. The molecule has 0 atom stereocenters. The fourth-order valence-corrected chi connectivity index (χ4v) is 2.55. The summed E-state index contributed by atoms with van der Waals surface area (Å²) in [5, 5.41) is 14.5. The molecule has 0 saturated heterocycles. The van der Waals surface area contributed by atoms with E-state index in [4.69, 9.17) is 4.42 Å². The number of hydrogen-bond acceptors (Lipinski definition) is 5. The van der Waals surface area contributed by atoms with Crippen LogP contribution in [0.1, 0.15) is 30.9 Å². The lowest BCUT2D eigenvalue weighted by atomic mass is 10.1. The van der Waals surface area contributed by atoms with Gasteiger partial charge in [-0.25, -0.2) is 9.98 Å². The molecule has 3 rings (SSSR count). The van der Waals surface area contributed by atoms with E-state index in [1.54, 1.807) is 12.6 Å². The summed E-state index contributed by atoms with van der Waals surface area (Å²) < 4.78 is 7.58. The lowest BCUT2D eigenvalue weighted by molar-refractivity contribution is 0.572. The highest BCUT2D eigenvalue weighted by Crippen LogP contribution is 2.19. The summed E-state index contributed by atoms with van der Waals surface area (Å²) in [5.74, 6) is 2.17. The highest BCUT2D eigenvalue weighted by Gasteiger charge is 2.08. The van der Waals surface area contributed by atoms with Crippen molar-refractivity contribution in [3.8, 4) is 11.5 Å². The fourth-order valence-electron chi connectivity index (χ4n) is 2.55. The Labute approximate surface area is 158 Å². The quantitative estimate of drug-likeness (QED) is 0.492. The van der Waals surface area contributed by atoms with Gasteiger partial charge in [-0.1, -0.05) is 17.7 Å². The van der Waals surface area contributed by atoms with Crippen LogP contribution < -0.4 is 10.6 Å². The molecule has 8 nitrogen and oxygen atoms in total. The molecule has 2 heterocycles. The second-order valence-electron chi connectivity index (χ2n) is 6.09. The highest BCUT2D eigenvalue weighted by molar-refractivity contribution is 5.79. The number of nitrogens with one attached hydrogen (secondary N) is 2. The first-order chi connectivity index (χ1) is 13.2. The number of benzene rings is 1. The van der Waals surface area contributed by atoms with Gasteiger partial charge in [0.15, 0.2) is 11.8 Å². The Morgan fingerprint density at radius 3 is 2.74 bits per heavy atom. The molecule has 0 aliphatic heterocycles. The second-order valence-corrected chi connectivity index (χ2v) is 6.09. The Kier molecular flexibility index (Phi) is 6.19. The van der Waals surface area contributed by atoms with Crippen molar-refractivity contribution in [3.63, 3.8) is 0 Å². The molecule has 0 spiro atoms. The third kappa shape index (κ3) is 4.93. The number of aliphatic imine (C=N–C) groups is 1. The smallest absolute Gasteiger partial charge is 0.226 e. The predicted molar refractivity (Wildman–Crippen MR) is 104 cm³/mol. The van der Waals surface area contributed by atoms with Crippen LogP contribution in [0.2, 0.25) is 0 Å². The van der Waals surface area contributed by atoms with Crippen LogP contribution in [0.25, 0.3) is 11.5 Å². The van der Waals surface area contributed by atoms with Crippen LogP contribution in [0, 0.1) is 6.92 Å². The third-order valence-electron chi connectivity index (χ3n) is 4.04. The molecule has 0 saturated carbocycles. The molecule has 8 heteroatoms. The van der Waals surface area contributed by atoms with Gasteiger partial charge in [0.05, 0.1) is 13.1 Å². The van der Waals surface area contributed by atoms with E-state index < -0.39 is 0 Å². The van der Waals surface area contributed by atoms with E-state index in [2.05, 4.69) is 44.7 Å². The number of hydrogen-bond donors (Lipinski definition) is 2. The van der Waals surface area contributed by atoms with Crippen molar-refractivity contribution in [2.75, 3.05) is 6.54 Å². The van der Waals surface area contributed by atoms with Gasteiger partial charge < -0.3 is 19.6 Å². The Hall–Kier alpha value is -3.16. The molecule has 3 aromatic rings. The minimum absolute atomic E-state index is 0.422. The number of oxazole rings is 1. The largest absolute Gasteiger partial charge is 0.444 e. The van der Waals surface area contributed by atoms with Gasteiger partial charge in [0.25, 0.3) is 0 Å². The van der Waals surface area contributed by atoms with Crippen LogP contribution in [-0.4, -0.2) is 32.3 Å². The summed E-state index contributed by atoms with van der Waals surface area (Å²) >= 11 is 0. The van der Waals surface area contributed by atoms with Crippen molar-refractivity contribution in [1.82, 2.24) is 30.4 Å². The first-order valence-electron chi connectivity index (χ1n) is 9.10. The summed E-state index contributed by atoms with van der Waals surface area (Å²) in [6.07, 6.45) is 3.37. The second kappa shape index (κ2) is 8.98. The Morgan fingerprint density at radius 1 is 1.19 bits per heavy atom. The van der Waals surface area contributed by atoms with Crippen molar-refractivity contribution >= 4 is 5.96 Å². The van der Waals surface area contributed by atoms with E-state index in [0.717, 1.165) is 30.2 Å². The lowest BCUT2D eigenvalue weighted by Crippen LogP contribution is -2.37. The van der Waals surface area contributed by atoms with E-state index in [9.17, 15) is 0 Å². The van der Waals surface area contributed by atoms with Crippen LogP contribution in [0.15, 0.2) is 46.3 Å². The molecular formula is C19H25N7O. The monoisotopic (exact) mass is 367 g/mol.